The molecule has 2 aromatic rings. The molecule has 6 nitrogen and oxygen atoms in total. The number of anilines is 1. The van der Waals surface area contributed by atoms with Crippen molar-refractivity contribution in [1.29, 1.82) is 0 Å². The highest BCUT2D eigenvalue weighted by molar-refractivity contribution is 6.31. The third-order valence-electron chi connectivity index (χ3n) is 3.28. The van der Waals surface area contributed by atoms with Gasteiger partial charge in [0.05, 0.1) is 10.5 Å². The van der Waals surface area contributed by atoms with E-state index in [0.29, 0.717) is 0 Å². The zero-order chi connectivity index (χ0) is 14.4. The molecule has 1 aliphatic rings. The summed E-state index contributed by atoms with van der Waals surface area (Å²) in [6.07, 6.45) is 0. The van der Waals surface area contributed by atoms with Crippen molar-refractivity contribution in [2.75, 3.05) is 5.73 Å². The minimum absolute atomic E-state index is 0.0228. The molecule has 0 saturated carbocycles. The topological polar surface area (TPSA) is 103 Å². The first-order valence-electron chi connectivity index (χ1n) is 5.77. The fourth-order valence-electron chi connectivity index (χ4n) is 2.40. The molecule has 98 valence electrons. The maximum absolute atomic E-state index is 12.4. The van der Waals surface area contributed by atoms with Crippen molar-refractivity contribution < 1.29 is 14.5 Å². The molecule has 0 amide bonds. The lowest BCUT2D eigenvalue weighted by Gasteiger charge is -2.18. The van der Waals surface area contributed by atoms with Crippen LogP contribution in [-0.2, 0) is 0 Å². The molecule has 1 aliphatic carbocycles. The van der Waals surface area contributed by atoms with Gasteiger partial charge in [0.15, 0.2) is 5.78 Å². The summed E-state index contributed by atoms with van der Waals surface area (Å²) in [5, 5.41) is 11.0. The molecule has 3 rings (SSSR count). The number of carbonyl (C=O) groups is 2. The van der Waals surface area contributed by atoms with Crippen LogP contribution in [-0.4, -0.2) is 16.5 Å². The number of ketones is 2. The van der Waals surface area contributed by atoms with Crippen LogP contribution in [0.2, 0.25) is 0 Å². The van der Waals surface area contributed by atoms with Crippen LogP contribution >= 0.6 is 0 Å². The summed E-state index contributed by atoms with van der Waals surface area (Å²) in [4.78, 5) is 35.2. The monoisotopic (exact) mass is 268 g/mol. The highest BCUT2D eigenvalue weighted by Crippen LogP contribution is 2.34. The number of rotatable bonds is 1. The van der Waals surface area contributed by atoms with Crippen molar-refractivity contribution in [2.45, 2.75) is 0 Å². The van der Waals surface area contributed by atoms with Crippen LogP contribution < -0.4 is 5.73 Å². The van der Waals surface area contributed by atoms with Gasteiger partial charge in [0.1, 0.15) is 5.56 Å². The summed E-state index contributed by atoms with van der Waals surface area (Å²) in [5.74, 6) is -1.01. The van der Waals surface area contributed by atoms with Crippen molar-refractivity contribution in [3.63, 3.8) is 0 Å². The van der Waals surface area contributed by atoms with Gasteiger partial charge in [-0.3, -0.25) is 19.7 Å². The molecule has 6 heteroatoms. The van der Waals surface area contributed by atoms with Crippen LogP contribution in [0, 0.1) is 10.1 Å². The Balaban J connectivity index is 2.38. The third kappa shape index (κ3) is 1.45. The van der Waals surface area contributed by atoms with Crippen molar-refractivity contribution in [3.05, 3.63) is 68.8 Å². The number of hydrogen-bond acceptors (Lipinski definition) is 5. The number of nitrogens with two attached hydrogens (primary N) is 1. The van der Waals surface area contributed by atoms with Crippen molar-refractivity contribution in [3.8, 4) is 0 Å². The zero-order valence-electron chi connectivity index (χ0n) is 10.1. The SMILES string of the molecule is Nc1cccc2c1C(=O)c1cccc([N+](=O)[O-])c1C2=O. The second kappa shape index (κ2) is 3.99. The lowest BCUT2D eigenvalue weighted by atomic mass is 9.82. The molecule has 0 spiro atoms. The fraction of sp³-hybridized carbons (Fsp3) is 0. The number of carbonyl (C=O) groups excluding carboxylic acids is 2. The summed E-state index contributed by atoms with van der Waals surface area (Å²) in [5.41, 5.74) is 5.65. The van der Waals surface area contributed by atoms with Gasteiger partial charge in [0.25, 0.3) is 5.69 Å². The van der Waals surface area contributed by atoms with E-state index in [4.69, 9.17) is 5.73 Å². The maximum Gasteiger partial charge on any atom is 0.281 e. The summed E-state index contributed by atoms with van der Waals surface area (Å²) in [6, 6.07) is 8.50. The standard InChI is InChI=1S/C14H8N2O4/c15-9-5-1-3-7-11(9)13(17)8-4-2-6-10(16(19)20)12(8)14(7)18/h1-6H,15H2. The molecule has 20 heavy (non-hydrogen) atoms. The van der Waals surface area contributed by atoms with Gasteiger partial charge in [0, 0.05) is 22.9 Å². The van der Waals surface area contributed by atoms with Gasteiger partial charge in [-0.2, -0.15) is 0 Å². The Morgan fingerprint density at radius 1 is 0.900 bits per heavy atom. The molecule has 2 aromatic carbocycles. The number of benzene rings is 2. The van der Waals surface area contributed by atoms with Gasteiger partial charge < -0.3 is 5.73 Å². The smallest absolute Gasteiger partial charge is 0.281 e. The Hall–Kier alpha value is -3.02. The Bertz CT molecular complexity index is 796. The molecule has 0 aliphatic heterocycles. The van der Waals surface area contributed by atoms with Gasteiger partial charge in [0.2, 0.25) is 5.78 Å². The van der Waals surface area contributed by atoms with Gasteiger partial charge in [-0.25, -0.2) is 0 Å². The Morgan fingerprint density at radius 2 is 1.45 bits per heavy atom. The van der Waals surface area contributed by atoms with E-state index in [1.807, 2.05) is 0 Å². The van der Waals surface area contributed by atoms with Crippen LogP contribution in [0.1, 0.15) is 31.8 Å². The zero-order valence-corrected chi connectivity index (χ0v) is 10.1. The summed E-state index contributed by atoms with van der Waals surface area (Å²) in [6.45, 7) is 0. The van der Waals surface area contributed by atoms with Crippen LogP contribution in [0.5, 0.6) is 0 Å². The molecule has 0 atom stereocenters. The molecule has 0 aromatic heterocycles. The molecule has 0 bridgehead atoms. The average molecular weight is 268 g/mol. The van der Waals surface area contributed by atoms with Crippen molar-refractivity contribution in [2.24, 2.45) is 0 Å². The first kappa shape index (κ1) is 12.0. The second-order valence-corrected chi connectivity index (χ2v) is 4.38. The molecule has 0 unspecified atom stereocenters. The van der Waals surface area contributed by atoms with Gasteiger partial charge >= 0.3 is 0 Å². The van der Waals surface area contributed by atoms with Gasteiger partial charge in [-0.1, -0.05) is 18.2 Å². The number of fused-ring (bicyclic) bond motifs is 2. The first-order valence-corrected chi connectivity index (χ1v) is 5.77. The van der Waals surface area contributed by atoms with E-state index >= 15 is 0 Å². The number of nitro benzene ring substituents is 1. The van der Waals surface area contributed by atoms with Gasteiger partial charge in [-0.05, 0) is 12.1 Å². The summed E-state index contributed by atoms with van der Waals surface area (Å²) >= 11 is 0. The first-order chi connectivity index (χ1) is 9.52. The normalized spacial score (nSPS) is 12.8. The largest absolute Gasteiger partial charge is 0.398 e. The molecular formula is C14H8N2O4. The molecule has 2 N–H and O–H groups in total. The number of hydrogen-bond donors (Lipinski definition) is 1. The summed E-state index contributed by atoms with van der Waals surface area (Å²) < 4.78 is 0. The number of nitrogen functional groups attached to an aromatic ring is 1. The van der Waals surface area contributed by atoms with E-state index in [0.717, 1.165) is 0 Å². The predicted molar refractivity (Wildman–Crippen MR) is 70.8 cm³/mol. The maximum atomic E-state index is 12.4. The van der Waals surface area contributed by atoms with E-state index in [1.165, 1.54) is 30.3 Å². The van der Waals surface area contributed by atoms with Crippen LogP contribution in [0.3, 0.4) is 0 Å². The minimum atomic E-state index is -0.665. The average Bonchev–Trinajstić information content (AvgIpc) is 2.43. The summed E-state index contributed by atoms with van der Waals surface area (Å²) in [7, 11) is 0. The van der Waals surface area contributed by atoms with Crippen molar-refractivity contribution >= 4 is 22.9 Å². The Morgan fingerprint density at radius 3 is 2.10 bits per heavy atom. The second-order valence-electron chi connectivity index (χ2n) is 4.38. The highest BCUT2D eigenvalue weighted by atomic mass is 16.6. The van der Waals surface area contributed by atoms with E-state index in [1.54, 1.807) is 6.07 Å². The number of nitro groups is 1. The molecule has 0 fully saturated rings. The van der Waals surface area contributed by atoms with Crippen LogP contribution in [0.4, 0.5) is 11.4 Å². The fourth-order valence-corrected chi connectivity index (χ4v) is 2.40. The molecule has 0 saturated heterocycles. The lowest BCUT2D eigenvalue weighted by Crippen LogP contribution is -2.23. The van der Waals surface area contributed by atoms with Crippen molar-refractivity contribution in [1.82, 2.24) is 0 Å². The quantitative estimate of drug-likeness (QED) is 0.412. The Kier molecular flexibility index (Phi) is 2.40. The molecule has 0 radical (unpaired) electrons. The number of nitrogens with zero attached hydrogens (tertiary/aromatic N) is 1. The van der Waals surface area contributed by atoms with Crippen LogP contribution in [0.25, 0.3) is 0 Å². The predicted octanol–water partition coefficient (Wildman–Crippen LogP) is 1.95. The van der Waals surface area contributed by atoms with E-state index < -0.39 is 16.5 Å². The third-order valence-corrected chi connectivity index (χ3v) is 3.28. The van der Waals surface area contributed by atoms with E-state index in [9.17, 15) is 19.7 Å². The Labute approximate surface area is 113 Å². The highest BCUT2D eigenvalue weighted by Gasteiger charge is 2.36. The minimum Gasteiger partial charge on any atom is -0.398 e. The van der Waals surface area contributed by atoms with E-state index in [2.05, 4.69) is 0 Å². The van der Waals surface area contributed by atoms with Crippen LogP contribution in [0.15, 0.2) is 36.4 Å². The lowest BCUT2D eigenvalue weighted by molar-refractivity contribution is -0.385. The van der Waals surface area contributed by atoms with E-state index in [-0.39, 0.29) is 33.6 Å². The molecular weight excluding hydrogens is 260 g/mol. The molecule has 0 heterocycles. The van der Waals surface area contributed by atoms with Gasteiger partial charge in [-0.15, -0.1) is 0 Å².